The molecule has 1 heterocycles. The Morgan fingerprint density at radius 1 is 0.971 bits per heavy atom. The van der Waals surface area contributed by atoms with Crippen molar-refractivity contribution in [3.8, 4) is 0 Å². The topological polar surface area (TPSA) is 66.5 Å². The molecule has 0 aromatic heterocycles. The van der Waals surface area contributed by atoms with E-state index >= 15 is 0 Å². The quantitative estimate of drug-likeness (QED) is 0.495. The van der Waals surface area contributed by atoms with Crippen LogP contribution in [0.1, 0.15) is 39.4 Å². The SMILES string of the molecule is CN(C)C(=O)c1cccc(C2=C[C@@]3(C(=O)Nc4cc(Cl)ccc43)[C@H](c3cccc(Cl)c3)CC2=O)c1. The average Bonchev–Trinajstić information content (AvgIpc) is 3.10. The molecule has 3 aromatic rings. The summed E-state index contributed by atoms with van der Waals surface area (Å²) in [6.45, 7) is 0. The van der Waals surface area contributed by atoms with Crippen molar-refractivity contribution in [1.29, 1.82) is 0 Å². The third-order valence-electron chi connectivity index (χ3n) is 6.74. The number of allylic oxidation sites excluding steroid dienone is 1. The molecule has 0 fully saturated rings. The summed E-state index contributed by atoms with van der Waals surface area (Å²) in [5.41, 5.74) is 2.51. The molecule has 1 aliphatic heterocycles. The van der Waals surface area contributed by atoms with Crippen LogP contribution in [0.15, 0.2) is 72.8 Å². The molecule has 1 N–H and O–H groups in total. The molecule has 5 rings (SSSR count). The van der Waals surface area contributed by atoms with Crippen molar-refractivity contribution in [2.45, 2.75) is 17.8 Å². The number of nitrogens with zero attached hydrogens (tertiary/aromatic N) is 1. The molecule has 0 saturated carbocycles. The van der Waals surface area contributed by atoms with Gasteiger partial charge in [-0.25, -0.2) is 0 Å². The first kappa shape index (κ1) is 23.3. The second-order valence-electron chi connectivity index (χ2n) is 9.09. The van der Waals surface area contributed by atoms with E-state index in [1.54, 1.807) is 68.7 Å². The predicted molar refractivity (Wildman–Crippen MR) is 138 cm³/mol. The number of anilines is 1. The third-order valence-corrected chi connectivity index (χ3v) is 7.21. The number of benzene rings is 3. The number of ketones is 1. The van der Waals surface area contributed by atoms with Gasteiger partial charge in [0.2, 0.25) is 5.91 Å². The van der Waals surface area contributed by atoms with Crippen LogP contribution in [0.5, 0.6) is 0 Å². The summed E-state index contributed by atoms with van der Waals surface area (Å²) in [4.78, 5) is 41.3. The fourth-order valence-corrected chi connectivity index (χ4v) is 5.48. The molecule has 2 aliphatic rings. The van der Waals surface area contributed by atoms with Crippen molar-refractivity contribution >= 4 is 52.1 Å². The van der Waals surface area contributed by atoms with Crippen LogP contribution in [0, 0.1) is 0 Å². The lowest BCUT2D eigenvalue weighted by Crippen LogP contribution is -2.43. The minimum absolute atomic E-state index is 0.105. The number of nitrogens with one attached hydrogen (secondary N) is 1. The van der Waals surface area contributed by atoms with Crippen molar-refractivity contribution in [2.75, 3.05) is 19.4 Å². The first-order valence-corrected chi connectivity index (χ1v) is 11.9. The van der Waals surface area contributed by atoms with E-state index in [0.717, 1.165) is 11.1 Å². The summed E-state index contributed by atoms with van der Waals surface area (Å²) >= 11 is 12.5. The van der Waals surface area contributed by atoms with Crippen LogP contribution in [-0.4, -0.2) is 36.6 Å². The van der Waals surface area contributed by atoms with Crippen LogP contribution in [0.4, 0.5) is 5.69 Å². The van der Waals surface area contributed by atoms with Gasteiger partial charge in [-0.2, -0.15) is 0 Å². The number of amides is 2. The maximum atomic E-state index is 13.7. The Kier molecular flexibility index (Phi) is 5.78. The van der Waals surface area contributed by atoms with Crippen LogP contribution in [0.2, 0.25) is 10.0 Å². The number of rotatable bonds is 3. The van der Waals surface area contributed by atoms with Gasteiger partial charge in [-0.3, -0.25) is 14.4 Å². The van der Waals surface area contributed by atoms with Crippen LogP contribution in [0.25, 0.3) is 5.57 Å². The number of hydrogen-bond acceptors (Lipinski definition) is 3. The first-order chi connectivity index (χ1) is 16.7. The number of Topliss-reactive ketones (excluding diaryl/α,β-unsaturated/α-hetero) is 1. The van der Waals surface area contributed by atoms with E-state index in [2.05, 4.69) is 5.32 Å². The lowest BCUT2D eigenvalue weighted by Gasteiger charge is -2.38. The van der Waals surface area contributed by atoms with E-state index in [-0.39, 0.29) is 24.0 Å². The molecule has 1 spiro atoms. The zero-order chi connectivity index (χ0) is 24.9. The summed E-state index contributed by atoms with van der Waals surface area (Å²) in [5.74, 6) is -0.970. The van der Waals surface area contributed by atoms with Gasteiger partial charge < -0.3 is 10.2 Å². The van der Waals surface area contributed by atoms with E-state index in [1.807, 2.05) is 18.2 Å². The molecule has 0 saturated heterocycles. The lowest BCUT2D eigenvalue weighted by atomic mass is 9.61. The third kappa shape index (κ3) is 3.85. The van der Waals surface area contributed by atoms with Gasteiger partial charge in [0, 0.05) is 53.3 Å². The van der Waals surface area contributed by atoms with E-state index in [0.29, 0.717) is 32.4 Å². The minimum Gasteiger partial charge on any atom is -0.345 e. The summed E-state index contributed by atoms with van der Waals surface area (Å²) < 4.78 is 0. The predicted octanol–water partition coefficient (Wildman–Crippen LogP) is 5.73. The van der Waals surface area contributed by atoms with Gasteiger partial charge in [-0.1, -0.05) is 59.6 Å². The molecule has 2 atom stereocenters. The van der Waals surface area contributed by atoms with Gasteiger partial charge in [0.1, 0.15) is 5.41 Å². The van der Waals surface area contributed by atoms with Gasteiger partial charge in [-0.15, -0.1) is 0 Å². The maximum absolute atomic E-state index is 13.7. The van der Waals surface area contributed by atoms with Gasteiger partial charge in [0.25, 0.3) is 5.91 Å². The maximum Gasteiger partial charge on any atom is 0.253 e. The summed E-state index contributed by atoms with van der Waals surface area (Å²) in [6, 6.07) is 19.5. The van der Waals surface area contributed by atoms with E-state index in [1.165, 1.54) is 4.90 Å². The van der Waals surface area contributed by atoms with Crippen molar-refractivity contribution in [2.24, 2.45) is 0 Å². The lowest BCUT2D eigenvalue weighted by molar-refractivity contribution is -0.121. The zero-order valence-electron chi connectivity index (χ0n) is 19.1. The van der Waals surface area contributed by atoms with Crippen molar-refractivity contribution < 1.29 is 14.4 Å². The Bertz CT molecular complexity index is 1430. The number of fused-ring (bicyclic) bond motifs is 2. The molecule has 7 heteroatoms. The molecule has 35 heavy (non-hydrogen) atoms. The molecule has 2 amide bonds. The molecule has 0 unspecified atom stereocenters. The fraction of sp³-hybridized carbons (Fsp3) is 0.179. The number of carbonyl (C=O) groups is 3. The van der Waals surface area contributed by atoms with Crippen LogP contribution in [-0.2, 0) is 15.0 Å². The average molecular weight is 505 g/mol. The smallest absolute Gasteiger partial charge is 0.253 e. The zero-order valence-corrected chi connectivity index (χ0v) is 20.7. The second-order valence-corrected chi connectivity index (χ2v) is 9.96. The monoisotopic (exact) mass is 504 g/mol. The standard InChI is InChI=1S/C28H22Cl2N2O3/c1-32(2)26(34)18-7-3-5-16(11-18)21-15-28(22-10-9-20(30)13-24(22)31-27(28)35)23(14-25(21)33)17-6-4-8-19(29)12-17/h3-13,15,23H,14H2,1-2H3,(H,31,35)/t23-,28-/m0/s1. The highest BCUT2D eigenvalue weighted by atomic mass is 35.5. The molecule has 0 bridgehead atoms. The second kappa shape index (κ2) is 8.67. The highest BCUT2D eigenvalue weighted by Gasteiger charge is 2.54. The number of halogens is 2. The highest BCUT2D eigenvalue weighted by molar-refractivity contribution is 6.31. The van der Waals surface area contributed by atoms with Crippen LogP contribution < -0.4 is 5.32 Å². The largest absolute Gasteiger partial charge is 0.345 e. The van der Waals surface area contributed by atoms with Crippen molar-refractivity contribution in [3.63, 3.8) is 0 Å². The van der Waals surface area contributed by atoms with Gasteiger partial charge in [0.05, 0.1) is 0 Å². The van der Waals surface area contributed by atoms with E-state index in [4.69, 9.17) is 23.2 Å². The molecule has 0 radical (unpaired) electrons. The molecular formula is C28H22Cl2N2O3. The normalized spacial score (nSPS) is 20.9. The van der Waals surface area contributed by atoms with Gasteiger partial charge in [0.15, 0.2) is 5.78 Å². The molecule has 5 nitrogen and oxygen atoms in total. The van der Waals surface area contributed by atoms with Crippen molar-refractivity contribution in [1.82, 2.24) is 4.90 Å². The first-order valence-electron chi connectivity index (χ1n) is 11.2. The minimum atomic E-state index is -1.14. The molecule has 3 aromatic carbocycles. The Morgan fingerprint density at radius 3 is 2.46 bits per heavy atom. The Morgan fingerprint density at radius 2 is 1.71 bits per heavy atom. The summed E-state index contributed by atoms with van der Waals surface area (Å²) in [7, 11) is 3.35. The van der Waals surface area contributed by atoms with Gasteiger partial charge >= 0.3 is 0 Å². The molecular weight excluding hydrogens is 483 g/mol. The highest BCUT2D eigenvalue weighted by Crippen LogP contribution is 2.54. The van der Waals surface area contributed by atoms with E-state index < -0.39 is 11.3 Å². The van der Waals surface area contributed by atoms with Crippen LogP contribution >= 0.6 is 23.2 Å². The summed E-state index contributed by atoms with van der Waals surface area (Å²) in [6.07, 6.45) is 1.87. The van der Waals surface area contributed by atoms with Crippen molar-refractivity contribution in [3.05, 3.63) is 105 Å². The number of carbonyl (C=O) groups excluding carboxylic acids is 3. The summed E-state index contributed by atoms with van der Waals surface area (Å²) in [5, 5.41) is 4.01. The Hall–Kier alpha value is -3.41. The molecule has 1 aliphatic carbocycles. The number of hydrogen-bond donors (Lipinski definition) is 1. The van der Waals surface area contributed by atoms with Crippen LogP contribution in [0.3, 0.4) is 0 Å². The van der Waals surface area contributed by atoms with E-state index in [9.17, 15) is 14.4 Å². The molecule has 176 valence electrons. The van der Waals surface area contributed by atoms with Gasteiger partial charge in [-0.05, 0) is 53.1 Å². The Labute approximate surface area is 213 Å². The fourth-order valence-electron chi connectivity index (χ4n) is 5.11. The Balaban J connectivity index is 1.74.